The molecule has 3 amide bonds. The Morgan fingerprint density at radius 1 is 0.935 bits per heavy atom. The van der Waals surface area contributed by atoms with E-state index in [1.165, 1.54) is 0 Å². The largest absolute Gasteiger partial charge is 0.444 e. The van der Waals surface area contributed by atoms with Crippen molar-refractivity contribution in [3.05, 3.63) is 64.7 Å². The zero-order valence-electron chi connectivity index (χ0n) is 18.0. The average Bonchev–Trinajstić information content (AvgIpc) is 2.67. The molecular formula is C23H28ClN3O4. The second-order valence-electron chi connectivity index (χ2n) is 8.01. The number of alkyl carbamates (subject to hydrolysis) is 1. The Hall–Kier alpha value is -3.06. The molecule has 2 rings (SSSR count). The highest BCUT2D eigenvalue weighted by molar-refractivity contribution is 6.30. The highest BCUT2D eigenvalue weighted by Crippen LogP contribution is 2.13. The zero-order valence-corrected chi connectivity index (χ0v) is 18.7. The second kappa shape index (κ2) is 11.4. The number of rotatable bonds is 8. The molecule has 0 saturated heterocycles. The summed E-state index contributed by atoms with van der Waals surface area (Å²) in [6.07, 6.45) is -0.179. The van der Waals surface area contributed by atoms with Gasteiger partial charge in [-0.05, 0) is 56.2 Å². The van der Waals surface area contributed by atoms with Crippen LogP contribution < -0.4 is 16.0 Å². The SMILES string of the molecule is CC(C)(C)OC(=O)NCCC(=O)NCc1cccc(NC(=O)Cc2ccc(Cl)cc2)c1. The van der Waals surface area contributed by atoms with E-state index in [2.05, 4.69) is 16.0 Å². The fraction of sp³-hybridized carbons (Fsp3) is 0.348. The molecule has 0 heterocycles. The van der Waals surface area contributed by atoms with Crippen molar-refractivity contribution in [3.63, 3.8) is 0 Å². The van der Waals surface area contributed by atoms with Gasteiger partial charge in [-0.3, -0.25) is 9.59 Å². The number of benzene rings is 2. The molecule has 0 aromatic heterocycles. The fourth-order valence-electron chi connectivity index (χ4n) is 2.63. The third-order valence-corrected chi connectivity index (χ3v) is 4.25. The van der Waals surface area contributed by atoms with E-state index in [0.29, 0.717) is 17.3 Å². The van der Waals surface area contributed by atoms with E-state index >= 15 is 0 Å². The molecule has 0 radical (unpaired) electrons. The van der Waals surface area contributed by atoms with Gasteiger partial charge in [-0.25, -0.2) is 4.79 Å². The molecule has 3 N–H and O–H groups in total. The molecule has 0 fully saturated rings. The van der Waals surface area contributed by atoms with E-state index < -0.39 is 11.7 Å². The molecule has 166 valence electrons. The van der Waals surface area contributed by atoms with Crippen LogP contribution in [0.15, 0.2) is 48.5 Å². The molecule has 2 aromatic rings. The lowest BCUT2D eigenvalue weighted by Crippen LogP contribution is -2.35. The predicted molar refractivity (Wildman–Crippen MR) is 121 cm³/mol. The Kier molecular flexibility index (Phi) is 8.88. The van der Waals surface area contributed by atoms with Crippen LogP contribution in [0.25, 0.3) is 0 Å². The van der Waals surface area contributed by atoms with E-state index in [4.69, 9.17) is 16.3 Å². The van der Waals surface area contributed by atoms with Crippen molar-refractivity contribution in [2.45, 2.75) is 45.8 Å². The third-order valence-electron chi connectivity index (χ3n) is 4.00. The van der Waals surface area contributed by atoms with E-state index in [-0.39, 0.29) is 31.2 Å². The smallest absolute Gasteiger partial charge is 0.407 e. The summed E-state index contributed by atoms with van der Waals surface area (Å²) in [5, 5.41) is 8.81. The Morgan fingerprint density at radius 2 is 1.65 bits per heavy atom. The molecule has 0 unspecified atom stereocenters. The van der Waals surface area contributed by atoms with Gasteiger partial charge in [-0.2, -0.15) is 0 Å². The summed E-state index contributed by atoms with van der Waals surface area (Å²) in [7, 11) is 0. The summed E-state index contributed by atoms with van der Waals surface area (Å²) >= 11 is 5.86. The third kappa shape index (κ3) is 10.00. The minimum absolute atomic E-state index is 0.136. The summed E-state index contributed by atoms with van der Waals surface area (Å²) in [4.78, 5) is 35.8. The predicted octanol–water partition coefficient (Wildman–Crippen LogP) is 4.05. The van der Waals surface area contributed by atoms with Crippen LogP contribution in [0.5, 0.6) is 0 Å². The van der Waals surface area contributed by atoms with Crippen molar-refractivity contribution in [2.75, 3.05) is 11.9 Å². The average molecular weight is 446 g/mol. The van der Waals surface area contributed by atoms with Crippen molar-refractivity contribution in [2.24, 2.45) is 0 Å². The monoisotopic (exact) mass is 445 g/mol. The molecule has 0 bridgehead atoms. The van der Waals surface area contributed by atoms with Crippen LogP contribution in [0.4, 0.5) is 10.5 Å². The zero-order chi connectivity index (χ0) is 22.9. The second-order valence-corrected chi connectivity index (χ2v) is 8.44. The minimum atomic E-state index is -0.582. The van der Waals surface area contributed by atoms with Gasteiger partial charge in [0.05, 0.1) is 6.42 Å². The Labute approximate surface area is 187 Å². The highest BCUT2D eigenvalue weighted by Gasteiger charge is 2.15. The molecule has 7 nitrogen and oxygen atoms in total. The van der Waals surface area contributed by atoms with Crippen LogP contribution in [-0.4, -0.2) is 30.1 Å². The van der Waals surface area contributed by atoms with Crippen LogP contribution in [0.1, 0.15) is 38.3 Å². The summed E-state index contributed by atoms with van der Waals surface area (Å²) in [5.41, 5.74) is 1.78. The van der Waals surface area contributed by atoms with Gasteiger partial charge in [0.2, 0.25) is 11.8 Å². The number of halogens is 1. The lowest BCUT2D eigenvalue weighted by Gasteiger charge is -2.19. The van der Waals surface area contributed by atoms with E-state index in [0.717, 1.165) is 11.1 Å². The van der Waals surface area contributed by atoms with E-state index in [1.54, 1.807) is 45.0 Å². The van der Waals surface area contributed by atoms with E-state index in [1.807, 2.05) is 24.3 Å². The van der Waals surface area contributed by atoms with Gasteiger partial charge in [0, 0.05) is 30.2 Å². The van der Waals surface area contributed by atoms with Gasteiger partial charge in [0.1, 0.15) is 5.60 Å². The van der Waals surface area contributed by atoms with Crippen LogP contribution in [-0.2, 0) is 27.3 Å². The molecule has 0 spiro atoms. The standard InChI is InChI=1S/C23H28ClN3O4/c1-23(2,3)31-22(30)25-12-11-20(28)26-15-17-5-4-6-19(13-17)27-21(29)14-16-7-9-18(24)10-8-16/h4-10,13H,11-12,14-15H2,1-3H3,(H,25,30)(H,26,28)(H,27,29). The van der Waals surface area contributed by atoms with Crippen LogP contribution in [0.3, 0.4) is 0 Å². The lowest BCUT2D eigenvalue weighted by atomic mass is 10.1. The maximum absolute atomic E-state index is 12.2. The first-order chi connectivity index (χ1) is 14.6. The molecule has 0 saturated carbocycles. The minimum Gasteiger partial charge on any atom is -0.444 e. The number of nitrogens with one attached hydrogen (secondary N) is 3. The fourth-order valence-corrected chi connectivity index (χ4v) is 2.76. The Balaban J connectivity index is 1.75. The molecular weight excluding hydrogens is 418 g/mol. The number of hydrogen-bond acceptors (Lipinski definition) is 4. The topological polar surface area (TPSA) is 96.5 Å². The van der Waals surface area contributed by atoms with Gasteiger partial charge in [0.25, 0.3) is 0 Å². The number of anilines is 1. The van der Waals surface area contributed by atoms with Crippen molar-refractivity contribution < 1.29 is 19.1 Å². The van der Waals surface area contributed by atoms with Crippen LogP contribution >= 0.6 is 11.6 Å². The van der Waals surface area contributed by atoms with Crippen molar-refractivity contribution in [1.29, 1.82) is 0 Å². The molecule has 0 atom stereocenters. The van der Waals surface area contributed by atoms with Gasteiger partial charge in [0.15, 0.2) is 0 Å². The van der Waals surface area contributed by atoms with Gasteiger partial charge >= 0.3 is 6.09 Å². The first-order valence-corrected chi connectivity index (χ1v) is 10.4. The molecule has 31 heavy (non-hydrogen) atoms. The maximum atomic E-state index is 12.2. The van der Waals surface area contributed by atoms with Crippen LogP contribution in [0, 0.1) is 0 Å². The first-order valence-electron chi connectivity index (χ1n) is 9.97. The lowest BCUT2D eigenvalue weighted by molar-refractivity contribution is -0.121. The van der Waals surface area contributed by atoms with Crippen molar-refractivity contribution in [1.82, 2.24) is 10.6 Å². The molecule has 0 aliphatic rings. The van der Waals surface area contributed by atoms with Crippen LogP contribution in [0.2, 0.25) is 5.02 Å². The number of ether oxygens (including phenoxy) is 1. The van der Waals surface area contributed by atoms with Crippen molar-refractivity contribution >= 4 is 35.2 Å². The van der Waals surface area contributed by atoms with Gasteiger partial charge < -0.3 is 20.7 Å². The number of carbonyl (C=O) groups is 3. The number of hydrogen-bond donors (Lipinski definition) is 3. The molecule has 0 aliphatic carbocycles. The summed E-state index contributed by atoms with van der Waals surface area (Å²) in [5.74, 6) is -0.343. The van der Waals surface area contributed by atoms with E-state index in [9.17, 15) is 14.4 Å². The molecule has 0 aliphatic heterocycles. The maximum Gasteiger partial charge on any atom is 0.407 e. The van der Waals surface area contributed by atoms with Crippen molar-refractivity contribution in [3.8, 4) is 0 Å². The molecule has 8 heteroatoms. The Morgan fingerprint density at radius 3 is 2.32 bits per heavy atom. The molecule has 2 aromatic carbocycles. The summed E-state index contributed by atoms with van der Waals surface area (Å²) in [6.45, 7) is 5.81. The van der Waals surface area contributed by atoms with Gasteiger partial charge in [-0.15, -0.1) is 0 Å². The number of amides is 3. The van der Waals surface area contributed by atoms with Gasteiger partial charge in [-0.1, -0.05) is 35.9 Å². The number of carbonyl (C=O) groups excluding carboxylic acids is 3. The first kappa shape index (κ1) is 24.2. The Bertz CT molecular complexity index is 908. The highest BCUT2D eigenvalue weighted by atomic mass is 35.5. The quantitative estimate of drug-likeness (QED) is 0.571. The summed E-state index contributed by atoms with van der Waals surface area (Å²) in [6, 6.07) is 14.4. The summed E-state index contributed by atoms with van der Waals surface area (Å²) < 4.78 is 5.11. The normalized spacial score (nSPS) is 10.8.